The highest BCUT2D eigenvalue weighted by atomic mass is 16.7. The molecule has 2 aliphatic heterocycles. The fourth-order valence-corrected chi connectivity index (χ4v) is 2.86. The van der Waals surface area contributed by atoms with Crippen molar-refractivity contribution in [2.45, 2.75) is 51.1 Å². The predicted molar refractivity (Wildman–Crippen MR) is 89.2 cm³/mol. The number of rotatable bonds is 2. The van der Waals surface area contributed by atoms with Crippen LogP contribution in [0.1, 0.15) is 51.2 Å². The molecular weight excluding hydrogens is 324 g/mol. The summed E-state index contributed by atoms with van der Waals surface area (Å²) in [7, 11) is 0. The van der Waals surface area contributed by atoms with E-state index in [2.05, 4.69) is 4.98 Å². The smallest absolute Gasteiger partial charge is 0.410 e. The number of pyridine rings is 1. The molecule has 1 N–H and O–H groups in total. The Balaban J connectivity index is 1.61. The minimum Gasteiger partial charge on any atom is -0.455 e. The summed E-state index contributed by atoms with van der Waals surface area (Å²) in [5.74, 6) is 0. The average Bonchev–Trinajstić information content (AvgIpc) is 3.08. The summed E-state index contributed by atoms with van der Waals surface area (Å²) in [6, 6.07) is 3.61. The first-order chi connectivity index (χ1) is 11.8. The van der Waals surface area contributed by atoms with Crippen molar-refractivity contribution in [1.29, 1.82) is 0 Å². The molecule has 1 fully saturated rings. The van der Waals surface area contributed by atoms with E-state index in [4.69, 9.17) is 14.2 Å². The monoisotopic (exact) mass is 348 g/mol. The Bertz CT molecular complexity index is 634. The number of nitrogens with zero attached hydrogens (tertiary/aromatic N) is 2. The van der Waals surface area contributed by atoms with Crippen LogP contribution >= 0.6 is 0 Å². The molecule has 1 aromatic rings. The fourth-order valence-electron chi connectivity index (χ4n) is 2.86. The highest BCUT2D eigenvalue weighted by Crippen LogP contribution is 2.33. The van der Waals surface area contributed by atoms with Gasteiger partial charge >= 0.3 is 6.09 Å². The van der Waals surface area contributed by atoms with Gasteiger partial charge in [0.2, 0.25) is 0 Å². The van der Waals surface area contributed by atoms with Gasteiger partial charge in [0.25, 0.3) is 6.29 Å². The van der Waals surface area contributed by atoms with Gasteiger partial charge in [-0.05, 0) is 45.7 Å². The van der Waals surface area contributed by atoms with Gasteiger partial charge in [0.1, 0.15) is 23.7 Å². The Labute approximate surface area is 147 Å². The van der Waals surface area contributed by atoms with Crippen molar-refractivity contribution in [3.05, 3.63) is 42.1 Å². The molecule has 0 aliphatic carbocycles. The van der Waals surface area contributed by atoms with Crippen molar-refractivity contribution in [1.82, 2.24) is 9.88 Å². The Morgan fingerprint density at radius 2 is 1.92 bits per heavy atom. The summed E-state index contributed by atoms with van der Waals surface area (Å²) in [4.78, 5) is 18.1. The second-order valence-corrected chi connectivity index (χ2v) is 7.35. The molecule has 3 heterocycles. The average molecular weight is 348 g/mol. The molecule has 0 bridgehead atoms. The van der Waals surface area contributed by atoms with Crippen molar-refractivity contribution in [3.63, 3.8) is 0 Å². The predicted octanol–water partition coefficient (Wildman–Crippen LogP) is 2.82. The minimum absolute atomic E-state index is 0.346. The maximum atomic E-state index is 12.1. The molecule has 1 saturated heterocycles. The summed E-state index contributed by atoms with van der Waals surface area (Å²) < 4.78 is 15.9. The van der Waals surface area contributed by atoms with Crippen LogP contribution in [0.15, 0.2) is 30.9 Å². The van der Waals surface area contributed by atoms with E-state index in [9.17, 15) is 9.90 Å². The largest absolute Gasteiger partial charge is 0.455 e. The Hall–Kier alpha value is -2.28. The summed E-state index contributed by atoms with van der Waals surface area (Å²) in [5.41, 5.74) is -0.205. The van der Waals surface area contributed by atoms with E-state index in [0.717, 1.165) is 5.56 Å². The molecule has 1 aromatic heterocycles. The molecule has 7 heteroatoms. The zero-order valence-corrected chi connectivity index (χ0v) is 14.8. The third-order valence-corrected chi connectivity index (χ3v) is 4.24. The van der Waals surface area contributed by atoms with Gasteiger partial charge in [0.05, 0.1) is 11.3 Å². The summed E-state index contributed by atoms with van der Waals surface area (Å²) in [6.07, 6.45) is 4.61. The topological polar surface area (TPSA) is 81.1 Å². The quantitative estimate of drug-likeness (QED) is 0.885. The van der Waals surface area contributed by atoms with Gasteiger partial charge < -0.3 is 24.2 Å². The number of amides is 1. The molecule has 2 aliphatic rings. The van der Waals surface area contributed by atoms with Crippen molar-refractivity contribution in [2.75, 3.05) is 13.1 Å². The Kier molecular flexibility index (Phi) is 4.60. The SMILES string of the molecule is CC(C)(C)OC(=O)N1CCC(O)(c2ccc(C3OC=CO3)cn2)CC1. The molecule has 3 rings (SSSR count). The highest BCUT2D eigenvalue weighted by Gasteiger charge is 2.37. The molecule has 7 nitrogen and oxygen atoms in total. The Morgan fingerprint density at radius 1 is 1.28 bits per heavy atom. The number of carbonyl (C=O) groups excluding carboxylic acids is 1. The van der Waals surface area contributed by atoms with Crippen LogP contribution in [0.4, 0.5) is 4.79 Å². The number of ether oxygens (including phenoxy) is 3. The molecule has 0 unspecified atom stereocenters. The molecule has 0 radical (unpaired) electrons. The van der Waals surface area contributed by atoms with Gasteiger partial charge in [-0.25, -0.2) is 4.79 Å². The molecule has 25 heavy (non-hydrogen) atoms. The number of piperidine rings is 1. The molecule has 0 aromatic carbocycles. The summed E-state index contributed by atoms with van der Waals surface area (Å²) in [5, 5.41) is 10.9. The lowest BCUT2D eigenvalue weighted by atomic mass is 9.87. The van der Waals surface area contributed by atoms with Gasteiger partial charge in [-0.2, -0.15) is 0 Å². The zero-order valence-electron chi connectivity index (χ0n) is 14.8. The second-order valence-electron chi connectivity index (χ2n) is 7.35. The van der Waals surface area contributed by atoms with Crippen LogP contribution in [0, 0.1) is 0 Å². The van der Waals surface area contributed by atoms with Crippen LogP contribution in [0.2, 0.25) is 0 Å². The van der Waals surface area contributed by atoms with Crippen LogP contribution in [-0.2, 0) is 19.8 Å². The van der Waals surface area contributed by atoms with Crippen molar-refractivity contribution < 1.29 is 24.1 Å². The van der Waals surface area contributed by atoms with Crippen LogP contribution in [0.3, 0.4) is 0 Å². The summed E-state index contributed by atoms with van der Waals surface area (Å²) in [6.45, 7) is 6.36. The van der Waals surface area contributed by atoms with E-state index >= 15 is 0 Å². The van der Waals surface area contributed by atoms with E-state index in [1.165, 1.54) is 12.5 Å². The summed E-state index contributed by atoms with van der Waals surface area (Å²) >= 11 is 0. The first kappa shape index (κ1) is 17.5. The fraction of sp³-hybridized carbons (Fsp3) is 0.556. The zero-order chi connectivity index (χ0) is 18.1. The van der Waals surface area contributed by atoms with E-state index in [1.54, 1.807) is 17.2 Å². The number of likely N-dealkylation sites (tertiary alicyclic amines) is 1. The first-order valence-electron chi connectivity index (χ1n) is 8.40. The van der Waals surface area contributed by atoms with E-state index in [-0.39, 0.29) is 6.09 Å². The number of hydrogen-bond acceptors (Lipinski definition) is 6. The van der Waals surface area contributed by atoms with Gasteiger partial charge in [-0.15, -0.1) is 0 Å². The van der Waals surface area contributed by atoms with Gasteiger partial charge in [0.15, 0.2) is 0 Å². The molecule has 0 atom stereocenters. The maximum Gasteiger partial charge on any atom is 0.410 e. The number of aromatic nitrogens is 1. The van der Waals surface area contributed by atoms with Crippen LogP contribution in [-0.4, -0.2) is 39.8 Å². The van der Waals surface area contributed by atoms with E-state index in [1.807, 2.05) is 26.8 Å². The maximum absolute atomic E-state index is 12.1. The van der Waals surface area contributed by atoms with E-state index < -0.39 is 17.5 Å². The third kappa shape index (κ3) is 4.04. The number of aliphatic hydroxyl groups is 1. The van der Waals surface area contributed by atoms with Crippen molar-refractivity contribution in [3.8, 4) is 0 Å². The van der Waals surface area contributed by atoms with Crippen LogP contribution in [0.25, 0.3) is 0 Å². The molecule has 0 saturated carbocycles. The molecular formula is C18H24N2O5. The first-order valence-corrected chi connectivity index (χ1v) is 8.40. The van der Waals surface area contributed by atoms with Gasteiger partial charge in [-0.3, -0.25) is 4.98 Å². The van der Waals surface area contributed by atoms with Crippen LogP contribution in [0.5, 0.6) is 0 Å². The Morgan fingerprint density at radius 3 is 2.44 bits per heavy atom. The van der Waals surface area contributed by atoms with Crippen molar-refractivity contribution >= 4 is 6.09 Å². The van der Waals surface area contributed by atoms with Crippen molar-refractivity contribution in [2.24, 2.45) is 0 Å². The van der Waals surface area contributed by atoms with Crippen LogP contribution < -0.4 is 0 Å². The molecule has 136 valence electrons. The third-order valence-electron chi connectivity index (χ3n) is 4.24. The second kappa shape index (κ2) is 6.55. The van der Waals surface area contributed by atoms with Gasteiger partial charge in [-0.1, -0.05) is 0 Å². The minimum atomic E-state index is -1.05. The number of hydrogen-bond donors (Lipinski definition) is 1. The lowest BCUT2D eigenvalue weighted by molar-refractivity contribution is -0.0390. The normalized spacial score (nSPS) is 20.1. The highest BCUT2D eigenvalue weighted by molar-refractivity contribution is 5.68. The standard InChI is InChI=1S/C18H24N2O5/c1-17(2,3)25-16(21)20-8-6-18(22,7-9-20)14-5-4-13(12-19-14)15-23-10-11-24-15/h4-5,10-12,15,22H,6-9H2,1-3H3. The van der Waals surface area contributed by atoms with E-state index in [0.29, 0.717) is 31.6 Å². The van der Waals surface area contributed by atoms with Gasteiger partial charge in [0, 0.05) is 19.3 Å². The lowest BCUT2D eigenvalue weighted by Crippen LogP contribution is -2.47. The molecule has 1 amide bonds. The molecule has 0 spiro atoms. The lowest BCUT2D eigenvalue weighted by Gasteiger charge is -2.38. The number of carbonyl (C=O) groups is 1.